The van der Waals surface area contributed by atoms with E-state index in [2.05, 4.69) is 29.6 Å². The second-order valence-corrected chi connectivity index (χ2v) is 10.4. The predicted octanol–water partition coefficient (Wildman–Crippen LogP) is 4.85. The van der Waals surface area contributed by atoms with Crippen molar-refractivity contribution in [1.82, 2.24) is 10.2 Å². The molecule has 1 fully saturated rings. The number of rotatable bonds is 10. The summed E-state index contributed by atoms with van der Waals surface area (Å²) in [7, 11) is 0. The normalized spacial score (nSPS) is 18.7. The molecule has 1 heterocycles. The Kier molecular flexibility index (Phi) is 8.33. The summed E-state index contributed by atoms with van der Waals surface area (Å²) in [5.41, 5.74) is 4.78. The van der Waals surface area contributed by atoms with Crippen LogP contribution in [0.4, 0.5) is 4.79 Å². The number of ether oxygens (including phenoxy) is 1. The fraction of sp³-hybridized carbons (Fsp3) is 0.444. The maximum absolute atomic E-state index is 12.5. The van der Waals surface area contributed by atoms with Gasteiger partial charge in [0.25, 0.3) is 0 Å². The van der Waals surface area contributed by atoms with Crippen LogP contribution in [0, 0.1) is 0 Å². The molecule has 2 atom stereocenters. The number of fused-ring (bicyclic) bond motifs is 3. The highest BCUT2D eigenvalue weighted by atomic mass is 32.2. The van der Waals surface area contributed by atoms with Gasteiger partial charge in [-0.05, 0) is 42.0 Å². The highest BCUT2D eigenvalue weighted by Crippen LogP contribution is 2.44. The Morgan fingerprint density at radius 2 is 1.63 bits per heavy atom. The molecular weight excluding hydrogens is 464 g/mol. The summed E-state index contributed by atoms with van der Waals surface area (Å²) in [4.78, 5) is 37.5. The zero-order valence-corrected chi connectivity index (χ0v) is 20.8. The molecular formula is C27H32N2O5S. The lowest BCUT2D eigenvalue weighted by Crippen LogP contribution is -2.44. The first kappa shape index (κ1) is 25.1. The van der Waals surface area contributed by atoms with Crippen molar-refractivity contribution in [1.29, 1.82) is 0 Å². The van der Waals surface area contributed by atoms with Gasteiger partial charge < -0.3 is 20.1 Å². The Bertz CT molecular complexity index is 1030. The second-order valence-electron chi connectivity index (χ2n) is 9.00. The number of aliphatic carboxylic acids is 1. The zero-order valence-electron chi connectivity index (χ0n) is 19.9. The number of carboxylic acid groups (broad SMARTS) is 1. The molecule has 1 saturated heterocycles. The van der Waals surface area contributed by atoms with Crippen LogP contribution in [0.15, 0.2) is 48.5 Å². The second kappa shape index (κ2) is 11.6. The summed E-state index contributed by atoms with van der Waals surface area (Å²) in [6.07, 6.45) is 3.18. The van der Waals surface area contributed by atoms with Gasteiger partial charge in [-0.3, -0.25) is 4.79 Å². The highest BCUT2D eigenvalue weighted by Gasteiger charge is 2.38. The van der Waals surface area contributed by atoms with Crippen LogP contribution in [-0.4, -0.2) is 58.3 Å². The number of nitrogens with one attached hydrogen (secondary N) is 1. The lowest BCUT2D eigenvalue weighted by atomic mass is 9.98. The SMILES string of the molecule is CC1SCC(C(=O)O)N1C(=O)CCCCCCNC(=O)OCC1c2ccccc2-c2ccccc21. The van der Waals surface area contributed by atoms with Crippen molar-refractivity contribution in [2.75, 3.05) is 18.9 Å². The van der Waals surface area contributed by atoms with E-state index < -0.39 is 18.1 Å². The van der Waals surface area contributed by atoms with Gasteiger partial charge in [-0.2, -0.15) is 0 Å². The number of unbranched alkanes of at least 4 members (excludes halogenated alkanes) is 3. The van der Waals surface area contributed by atoms with E-state index in [4.69, 9.17) is 4.74 Å². The Balaban J connectivity index is 1.12. The topological polar surface area (TPSA) is 95.9 Å². The summed E-state index contributed by atoms with van der Waals surface area (Å²) < 4.78 is 5.55. The van der Waals surface area contributed by atoms with Crippen LogP contribution in [0.3, 0.4) is 0 Å². The van der Waals surface area contributed by atoms with E-state index in [1.54, 1.807) is 0 Å². The minimum Gasteiger partial charge on any atom is -0.480 e. The highest BCUT2D eigenvalue weighted by molar-refractivity contribution is 8.00. The molecule has 2 N–H and O–H groups in total. The van der Waals surface area contributed by atoms with Crippen LogP contribution < -0.4 is 5.32 Å². The largest absolute Gasteiger partial charge is 0.480 e. The first-order valence-corrected chi connectivity index (χ1v) is 13.3. The van der Waals surface area contributed by atoms with Gasteiger partial charge >= 0.3 is 12.1 Å². The molecule has 2 aliphatic rings. The van der Waals surface area contributed by atoms with Crippen molar-refractivity contribution in [3.8, 4) is 11.1 Å². The minimum absolute atomic E-state index is 0.0446. The maximum Gasteiger partial charge on any atom is 0.407 e. The van der Waals surface area contributed by atoms with Gasteiger partial charge in [0.05, 0.1) is 5.37 Å². The van der Waals surface area contributed by atoms with Crippen molar-refractivity contribution in [2.45, 2.75) is 56.4 Å². The van der Waals surface area contributed by atoms with Crippen molar-refractivity contribution in [2.24, 2.45) is 0 Å². The number of hydrogen-bond acceptors (Lipinski definition) is 5. The van der Waals surface area contributed by atoms with E-state index in [-0.39, 0.29) is 17.2 Å². The Labute approximate surface area is 210 Å². The smallest absolute Gasteiger partial charge is 0.407 e. The molecule has 2 aromatic rings. The number of benzene rings is 2. The van der Waals surface area contributed by atoms with Crippen LogP contribution in [0.2, 0.25) is 0 Å². The van der Waals surface area contributed by atoms with Crippen molar-refractivity contribution < 1.29 is 24.2 Å². The Hall–Kier alpha value is -3.00. The molecule has 1 aliphatic carbocycles. The standard InChI is InChI=1S/C27H32N2O5S/c1-18-29(24(17-35-18)26(31)32)25(30)14-4-2-3-9-15-28-27(33)34-16-23-21-12-7-5-10-19(21)20-11-6-8-13-22(20)23/h5-8,10-13,18,23-24H,2-4,9,14-17H2,1H3,(H,28,33)(H,31,32). The lowest BCUT2D eigenvalue weighted by molar-refractivity contribution is -0.148. The summed E-state index contributed by atoms with van der Waals surface area (Å²) in [6, 6.07) is 15.8. The Morgan fingerprint density at radius 3 is 2.29 bits per heavy atom. The van der Waals surface area contributed by atoms with Crippen molar-refractivity contribution in [3.05, 3.63) is 59.7 Å². The quantitative estimate of drug-likeness (QED) is 0.457. The molecule has 2 amide bonds. The number of nitrogens with zero attached hydrogens (tertiary/aromatic N) is 1. The molecule has 1 aliphatic heterocycles. The van der Waals surface area contributed by atoms with E-state index in [1.807, 2.05) is 31.2 Å². The average Bonchev–Trinajstić information content (AvgIpc) is 3.40. The molecule has 0 saturated carbocycles. The monoisotopic (exact) mass is 496 g/mol. The Morgan fingerprint density at radius 1 is 1.00 bits per heavy atom. The number of alkyl carbamates (subject to hydrolysis) is 1. The molecule has 2 unspecified atom stereocenters. The minimum atomic E-state index is -0.936. The van der Waals surface area contributed by atoms with Gasteiger partial charge in [0, 0.05) is 24.6 Å². The molecule has 35 heavy (non-hydrogen) atoms. The molecule has 7 nitrogen and oxygen atoms in total. The number of amides is 2. The molecule has 186 valence electrons. The number of carbonyl (C=O) groups is 3. The average molecular weight is 497 g/mol. The molecule has 0 radical (unpaired) electrons. The summed E-state index contributed by atoms with van der Waals surface area (Å²) in [6.45, 7) is 2.69. The van der Waals surface area contributed by atoms with E-state index in [0.29, 0.717) is 31.7 Å². The van der Waals surface area contributed by atoms with Gasteiger partial charge in [-0.1, -0.05) is 61.4 Å². The predicted molar refractivity (Wildman–Crippen MR) is 136 cm³/mol. The van der Waals surface area contributed by atoms with Crippen LogP contribution >= 0.6 is 11.8 Å². The molecule has 8 heteroatoms. The third kappa shape index (κ3) is 5.81. The first-order chi connectivity index (χ1) is 17.0. The lowest BCUT2D eigenvalue weighted by Gasteiger charge is -2.25. The van der Waals surface area contributed by atoms with Crippen LogP contribution in [0.5, 0.6) is 0 Å². The first-order valence-electron chi connectivity index (χ1n) is 12.2. The number of thioether (sulfide) groups is 1. The third-order valence-corrected chi connectivity index (χ3v) is 7.94. The molecule has 2 aromatic carbocycles. The van der Waals surface area contributed by atoms with Crippen LogP contribution in [0.1, 0.15) is 56.1 Å². The molecule has 4 rings (SSSR count). The van der Waals surface area contributed by atoms with Crippen LogP contribution in [-0.2, 0) is 14.3 Å². The molecule has 0 aromatic heterocycles. The fourth-order valence-electron chi connectivity index (χ4n) is 4.94. The summed E-state index contributed by atoms with van der Waals surface area (Å²) in [5.74, 6) is -0.534. The molecule has 0 bridgehead atoms. The van der Waals surface area contributed by atoms with Gasteiger partial charge in [0.1, 0.15) is 12.6 Å². The van der Waals surface area contributed by atoms with E-state index in [9.17, 15) is 19.5 Å². The number of carboxylic acids is 1. The van der Waals surface area contributed by atoms with Crippen molar-refractivity contribution in [3.63, 3.8) is 0 Å². The third-order valence-electron chi connectivity index (χ3n) is 6.73. The number of hydrogen-bond donors (Lipinski definition) is 2. The van der Waals surface area contributed by atoms with Gasteiger partial charge in [-0.15, -0.1) is 11.8 Å². The van der Waals surface area contributed by atoms with Crippen LogP contribution in [0.25, 0.3) is 11.1 Å². The van der Waals surface area contributed by atoms with E-state index in [0.717, 1.165) is 19.3 Å². The van der Waals surface area contributed by atoms with Gasteiger partial charge in [0.2, 0.25) is 5.91 Å². The fourth-order valence-corrected chi connectivity index (χ4v) is 6.12. The van der Waals surface area contributed by atoms with Gasteiger partial charge in [-0.25, -0.2) is 9.59 Å². The maximum atomic E-state index is 12.5. The van der Waals surface area contributed by atoms with E-state index >= 15 is 0 Å². The van der Waals surface area contributed by atoms with E-state index in [1.165, 1.54) is 38.9 Å². The zero-order chi connectivity index (χ0) is 24.8. The summed E-state index contributed by atoms with van der Waals surface area (Å²) in [5, 5.41) is 12.0. The van der Waals surface area contributed by atoms with Gasteiger partial charge in [0.15, 0.2) is 0 Å². The number of carbonyl (C=O) groups excluding carboxylic acids is 2. The molecule has 0 spiro atoms. The summed E-state index contributed by atoms with van der Waals surface area (Å²) >= 11 is 1.50. The van der Waals surface area contributed by atoms with Crippen molar-refractivity contribution >= 4 is 29.7 Å².